The van der Waals surface area contributed by atoms with Crippen molar-refractivity contribution in [2.45, 2.75) is 40.0 Å². The summed E-state index contributed by atoms with van der Waals surface area (Å²) < 4.78 is 0. The third-order valence-corrected chi connectivity index (χ3v) is 3.85. The number of ketones is 1. The van der Waals surface area contributed by atoms with Gasteiger partial charge in [-0.3, -0.25) is 19.8 Å². The number of benzene rings is 1. The maximum absolute atomic E-state index is 12.1. The fourth-order valence-electron chi connectivity index (χ4n) is 2.26. The lowest BCUT2D eigenvalue weighted by Gasteiger charge is -2.05. The van der Waals surface area contributed by atoms with Crippen LogP contribution in [0.4, 0.5) is 0 Å². The van der Waals surface area contributed by atoms with Gasteiger partial charge in [0.2, 0.25) is 0 Å². The number of hydrogen-bond acceptors (Lipinski definition) is 4. The molecule has 1 atom stereocenters. The van der Waals surface area contributed by atoms with Gasteiger partial charge in [-0.25, -0.2) is 5.48 Å². The van der Waals surface area contributed by atoms with E-state index in [1.54, 1.807) is 30.3 Å². The van der Waals surface area contributed by atoms with E-state index in [1.807, 2.05) is 6.21 Å². The largest absolute Gasteiger partial charge is 0.292 e. The Labute approximate surface area is 155 Å². The van der Waals surface area contributed by atoms with Crippen LogP contribution in [0.25, 0.3) is 6.08 Å². The van der Waals surface area contributed by atoms with E-state index in [-0.39, 0.29) is 12.3 Å². The van der Waals surface area contributed by atoms with Gasteiger partial charge in [0.15, 0.2) is 5.78 Å². The molecule has 0 heterocycles. The molecule has 140 valence electrons. The first-order chi connectivity index (χ1) is 12.4. The summed E-state index contributed by atoms with van der Waals surface area (Å²) in [4.78, 5) is 27.3. The fraction of sp³-hybridized carbons (Fsp3) is 0.381. The zero-order valence-electron chi connectivity index (χ0n) is 15.7. The van der Waals surface area contributed by atoms with Crippen LogP contribution in [0.2, 0.25) is 0 Å². The summed E-state index contributed by atoms with van der Waals surface area (Å²) in [7, 11) is 0. The van der Waals surface area contributed by atoms with Crippen LogP contribution in [0.5, 0.6) is 0 Å². The van der Waals surface area contributed by atoms with Crippen molar-refractivity contribution in [1.29, 1.82) is 0 Å². The number of amides is 1. The molecule has 0 fully saturated rings. The van der Waals surface area contributed by atoms with Crippen LogP contribution in [-0.4, -0.2) is 29.7 Å². The maximum atomic E-state index is 12.1. The van der Waals surface area contributed by atoms with Crippen LogP contribution in [-0.2, 0) is 4.79 Å². The number of aliphatic imine (C=N–C) groups is 1. The highest BCUT2D eigenvalue weighted by atomic mass is 16.5. The molecular formula is C21H28N2O3. The Bertz CT molecular complexity index is 669. The molecule has 0 bridgehead atoms. The Kier molecular flexibility index (Phi) is 9.87. The van der Waals surface area contributed by atoms with Crippen molar-refractivity contribution in [3.05, 3.63) is 53.1 Å². The molecule has 2 N–H and O–H groups in total. The van der Waals surface area contributed by atoms with E-state index in [1.165, 1.54) is 17.1 Å². The molecule has 0 aliphatic rings. The standard InChI is InChI=1S/C21H28N2O3/c1-16(2)5-4-6-17(3)13-14-22-15-20(24)19-10-7-18(8-11-19)9-12-21(25)23-26/h5,7-12,14,17,26H,4,6,13,15H2,1-3H3,(H,23,25)/b12-9+,22-14?/t17-/m1/s1. The van der Waals surface area contributed by atoms with Gasteiger partial charge in [-0.1, -0.05) is 42.8 Å². The molecule has 1 aromatic rings. The topological polar surface area (TPSA) is 78.8 Å². The summed E-state index contributed by atoms with van der Waals surface area (Å²) in [6.45, 7) is 6.54. The third-order valence-electron chi connectivity index (χ3n) is 3.85. The van der Waals surface area contributed by atoms with E-state index >= 15 is 0 Å². The van der Waals surface area contributed by atoms with Gasteiger partial charge in [0.05, 0.1) is 0 Å². The first kappa shape index (κ1) is 21.5. The molecule has 0 saturated carbocycles. The molecule has 0 aromatic heterocycles. The average Bonchev–Trinajstić information content (AvgIpc) is 2.63. The summed E-state index contributed by atoms with van der Waals surface area (Å²) in [6, 6.07) is 6.89. The van der Waals surface area contributed by atoms with Crippen molar-refractivity contribution < 1.29 is 14.8 Å². The number of rotatable bonds is 10. The van der Waals surface area contributed by atoms with E-state index in [9.17, 15) is 9.59 Å². The number of carbonyl (C=O) groups is 2. The van der Waals surface area contributed by atoms with Crippen molar-refractivity contribution in [3.63, 3.8) is 0 Å². The van der Waals surface area contributed by atoms with Crippen LogP contribution in [0.3, 0.4) is 0 Å². The van der Waals surface area contributed by atoms with E-state index < -0.39 is 5.91 Å². The van der Waals surface area contributed by atoms with E-state index in [0.717, 1.165) is 24.8 Å². The lowest BCUT2D eigenvalue weighted by molar-refractivity contribution is -0.124. The second kappa shape index (κ2) is 11.9. The first-order valence-electron chi connectivity index (χ1n) is 8.79. The third kappa shape index (κ3) is 9.08. The normalized spacial score (nSPS) is 12.3. The number of nitrogens with zero attached hydrogens (tertiary/aromatic N) is 1. The Balaban J connectivity index is 2.42. The van der Waals surface area contributed by atoms with Crippen molar-refractivity contribution in [1.82, 2.24) is 5.48 Å². The molecule has 5 heteroatoms. The van der Waals surface area contributed by atoms with Gasteiger partial charge in [-0.05, 0) is 56.9 Å². The summed E-state index contributed by atoms with van der Waals surface area (Å²) in [5.41, 5.74) is 4.21. The number of hydroxylamine groups is 1. The predicted molar refractivity (Wildman–Crippen MR) is 106 cm³/mol. The molecule has 5 nitrogen and oxygen atoms in total. The second-order valence-corrected chi connectivity index (χ2v) is 6.58. The van der Waals surface area contributed by atoms with E-state index in [4.69, 9.17) is 5.21 Å². The number of hydrogen-bond donors (Lipinski definition) is 2. The summed E-state index contributed by atoms with van der Waals surface area (Å²) in [5.74, 6) is -0.0942. The Morgan fingerprint density at radius 2 is 1.92 bits per heavy atom. The zero-order valence-corrected chi connectivity index (χ0v) is 15.7. The molecule has 26 heavy (non-hydrogen) atoms. The van der Waals surface area contributed by atoms with Gasteiger partial charge in [0, 0.05) is 11.6 Å². The highest BCUT2D eigenvalue weighted by molar-refractivity contribution is 5.98. The first-order valence-corrected chi connectivity index (χ1v) is 8.79. The Hall–Kier alpha value is -2.53. The molecule has 0 aliphatic carbocycles. The monoisotopic (exact) mass is 356 g/mol. The van der Waals surface area contributed by atoms with E-state index in [2.05, 4.69) is 31.8 Å². The molecule has 0 saturated heterocycles. The predicted octanol–water partition coefficient (Wildman–Crippen LogP) is 4.23. The van der Waals surface area contributed by atoms with Crippen LogP contribution >= 0.6 is 0 Å². The molecule has 1 aromatic carbocycles. The minimum absolute atomic E-state index is 0.0397. The summed E-state index contributed by atoms with van der Waals surface area (Å²) in [5, 5.41) is 8.42. The van der Waals surface area contributed by atoms with Gasteiger partial charge < -0.3 is 0 Å². The Morgan fingerprint density at radius 3 is 2.54 bits per heavy atom. The number of nitrogens with one attached hydrogen (secondary N) is 1. The molecule has 0 radical (unpaired) electrons. The smallest absolute Gasteiger partial charge is 0.267 e. The van der Waals surface area contributed by atoms with E-state index in [0.29, 0.717) is 11.5 Å². The van der Waals surface area contributed by atoms with Crippen LogP contribution in [0, 0.1) is 5.92 Å². The number of Topliss-reactive ketones (excluding diaryl/α,β-unsaturated/α-hetero) is 1. The van der Waals surface area contributed by atoms with Crippen LogP contribution in [0.1, 0.15) is 56.0 Å². The molecule has 0 unspecified atom stereocenters. The van der Waals surface area contributed by atoms with Crippen LogP contribution < -0.4 is 5.48 Å². The molecular weight excluding hydrogens is 328 g/mol. The van der Waals surface area contributed by atoms with Crippen LogP contribution in [0.15, 0.2) is 47.0 Å². The lowest BCUT2D eigenvalue weighted by Crippen LogP contribution is -2.14. The summed E-state index contributed by atoms with van der Waals surface area (Å²) >= 11 is 0. The molecule has 1 rings (SSSR count). The van der Waals surface area contributed by atoms with Gasteiger partial charge in [0.25, 0.3) is 5.91 Å². The molecule has 0 spiro atoms. The highest BCUT2D eigenvalue weighted by Gasteiger charge is 2.04. The second-order valence-electron chi connectivity index (χ2n) is 6.58. The number of allylic oxidation sites excluding steroid dienone is 2. The van der Waals surface area contributed by atoms with Gasteiger partial charge >= 0.3 is 0 Å². The lowest BCUT2D eigenvalue weighted by atomic mass is 10.0. The fourth-order valence-corrected chi connectivity index (χ4v) is 2.26. The highest BCUT2D eigenvalue weighted by Crippen LogP contribution is 2.11. The minimum Gasteiger partial charge on any atom is -0.292 e. The SMILES string of the molecule is CC(C)=CCC[C@@H](C)CC=NCC(=O)c1ccc(/C=C/C(=O)NO)cc1. The molecule has 0 aliphatic heterocycles. The quantitative estimate of drug-likeness (QED) is 0.164. The average molecular weight is 356 g/mol. The molecule has 1 amide bonds. The minimum atomic E-state index is -0.602. The summed E-state index contributed by atoms with van der Waals surface area (Å²) in [6.07, 6.45) is 9.92. The van der Waals surface area contributed by atoms with Crippen molar-refractivity contribution in [3.8, 4) is 0 Å². The van der Waals surface area contributed by atoms with Gasteiger partial charge in [0.1, 0.15) is 6.54 Å². The number of carbonyl (C=O) groups excluding carboxylic acids is 2. The van der Waals surface area contributed by atoms with Crippen molar-refractivity contribution in [2.24, 2.45) is 10.9 Å². The zero-order chi connectivity index (χ0) is 19.4. The Morgan fingerprint density at radius 1 is 1.23 bits per heavy atom. The van der Waals surface area contributed by atoms with Gasteiger partial charge in [-0.15, -0.1) is 0 Å². The van der Waals surface area contributed by atoms with Crippen molar-refractivity contribution in [2.75, 3.05) is 6.54 Å². The maximum Gasteiger partial charge on any atom is 0.267 e. The van der Waals surface area contributed by atoms with Gasteiger partial charge in [-0.2, -0.15) is 0 Å². The van der Waals surface area contributed by atoms with Crippen molar-refractivity contribution >= 4 is 24.0 Å².